The third kappa shape index (κ3) is 11.3. The number of nitrogens with one attached hydrogen (secondary N) is 1. The van der Waals surface area contributed by atoms with Crippen LogP contribution in [0.25, 0.3) is 54.2 Å². The molecule has 72 heavy (non-hydrogen) atoms. The SMILES string of the molecule is Cc1cn2nc(-c3cc(F)c4nc(C5CCN(C(=O)OC(C)(C)C)CC5)sc4c3)cc(C(=O)O)c2n1.Cc1cn2nc(-c3cc(F)c4nc(C5CCNCC5)sc4c3)cc(C(N)=O)c2n1.O=C(O)C(F)(F)F. The Balaban J connectivity index is 0.000000173. The minimum atomic E-state index is -5.08. The summed E-state index contributed by atoms with van der Waals surface area (Å²) in [6.45, 7) is 12.1. The number of thiazole rings is 2. The molecule has 6 aromatic heterocycles. The number of hydrogen-bond acceptors (Lipinski definition) is 14. The van der Waals surface area contributed by atoms with Crippen molar-refractivity contribution in [1.29, 1.82) is 0 Å². The fourth-order valence-corrected chi connectivity index (χ4v) is 10.5. The summed E-state index contributed by atoms with van der Waals surface area (Å²) in [7, 11) is 0. The third-order valence-corrected chi connectivity index (χ3v) is 13.9. The Hall–Kier alpha value is -7.25. The van der Waals surface area contributed by atoms with E-state index in [1.165, 1.54) is 49.9 Å². The van der Waals surface area contributed by atoms with Crippen molar-refractivity contribution >= 4 is 78.3 Å². The number of aromatic carboxylic acids is 1. The molecule has 0 aliphatic carbocycles. The van der Waals surface area contributed by atoms with E-state index >= 15 is 4.39 Å². The maximum absolute atomic E-state index is 15.1. The molecule has 378 valence electrons. The Morgan fingerprint density at radius 1 is 0.708 bits per heavy atom. The lowest BCUT2D eigenvalue weighted by Crippen LogP contribution is -2.41. The standard InChI is InChI=1S/C25H26FN5O4S.C20H19FN6OS.C2HF3O2/c1-13-12-31-21(27-13)16(23(32)33)11-18(29-31)15-9-17(26)20-19(10-15)36-22(28-20)14-5-7-30(8-6-14)24(34)35-25(2,3)4;1-10-9-27-19(24-10)13(18(22)28)8-15(26-27)12-6-14(21)17-16(7-12)29-20(25-17)11-2-4-23-5-3-11;3-2(4,5)1(6)7/h9-12,14H,5-8H2,1-4H3,(H,32,33);6-9,11,23H,2-5H2,1H3,(H2,22,28);(H,6,7). The minimum Gasteiger partial charge on any atom is -0.478 e. The number of carboxylic acids is 2. The highest BCUT2D eigenvalue weighted by Gasteiger charge is 2.38. The average molecular weight is 1040 g/mol. The Morgan fingerprint density at radius 3 is 1.58 bits per heavy atom. The molecule has 0 atom stereocenters. The molecule has 0 spiro atoms. The summed E-state index contributed by atoms with van der Waals surface area (Å²) in [5.74, 6) is -4.89. The molecule has 0 radical (unpaired) electrons. The zero-order chi connectivity index (χ0) is 52.0. The van der Waals surface area contributed by atoms with Crippen molar-refractivity contribution in [2.75, 3.05) is 26.2 Å². The van der Waals surface area contributed by atoms with E-state index in [0.29, 0.717) is 81.6 Å². The van der Waals surface area contributed by atoms with E-state index in [4.69, 9.17) is 20.4 Å². The summed E-state index contributed by atoms with van der Waals surface area (Å²) in [6.07, 6.45) is 1.39. The summed E-state index contributed by atoms with van der Waals surface area (Å²) in [4.78, 5) is 64.4. The second-order valence-corrected chi connectivity index (χ2v) is 20.3. The number of aliphatic carboxylic acids is 1. The van der Waals surface area contributed by atoms with Gasteiger partial charge in [0.2, 0.25) is 0 Å². The van der Waals surface area contributed by atoms with Crippen molar-refractivity contribution in [3.63, 3.8) is 0 Å². The van der Waals surface area contributed by atoms with E-state index in [0.717, 1.165) is 40.6 Å². The number of carbonyl (C=O) groups is 4. The van der Waals surface area contributed by atoms with E-state index in [9.17, 15) is 37.1 Å². The molecular weight excluding hydrogens is 990 g/mol. The number of likely N-dealkylation sites (tertiary alicyclic amines) is 1. The normalized spacial score (nSPS) is 14.8. The number of hydrogen-bond donors (Lipinski definition) is 4. The topological polar surface area (TPSA) is 245 Å². The largest absolute Gasteiger partial charge is 0.490 e. The van der Waals surface area contributed by atoms with Crippen LogP contribution >= 0.6 is 22.7 Å². The predicted octanol–water partition coefficient (Wildman–Crippen LogP) is 8.92. The van der Waals surface area contributed by atoms with Gasteiger partial charge >= 0.3 is 24.2 Å². The molecule has 8 aromatic rings. The predicted molar refractivity (Wildman–Crippen MR) is 256 cm³/mol. The highest BCUT2D eigenvalue weighted by molar-refractivity contribution is 7.19. The molecule has 0 unspecified atom stereocenters. The molecule has 10 rings (SSSR count). The monoisotopic (exact) mass is 1040 g/mol. The molecule has 2 aliphatic rings. The van der Waals surface area contributed by atoms with Gasteiger partial charge in [0.1, 0.15) is 22.2 Å². The van der Waals surface area contributed by atoms with Crippen LogP contribution in [0.5, 0.6) is 0 Å². The van der Waals surface area contributed by atoms with Crippen LogP contribution in [0.1, 0.15) is 100 Å². The summed E-state index contributed by atoms with van der Waals surface area (Å²) >= 11 is 2.94. The fraction of sp³-hybridized carbons (Fsp3) is 0.362. The molecule has 2 fully saturated rings. The molecule has 25 heteroatoms. The zero-order valence-corrected chi connectivity index (χ0v) is 40.8. The number of carboxylic acid groups (broad SMARTS) is 2. The molecule has 2 saturated heterocycles. The number of rotatable bonds is 6. The molecule has 18 nitrogen and oxygen atoms in total. The first-order chi connectivity index (χ1) is 33.9. The number of halogens is 5. The molecule has 2 aromatic carbocycles. The Labute approximate surface area is 413 Å². The van der Waals surface area contributed by atoms with Crippen LogP contribution in [0, 0.1) is 25.5 Å². The number of nitrogens with two attached hydrogens (primary N) is 1. The van der Waals surface area contributed by atoms with Gasteiger partial charge in [-0.05, 0) is 110 Å². The third-order valence-electron chi connectivity index (χ3n) is 11.5. The summed E-state index contributed by atoms with van der Waals surface area (Å²) in [5, 5.41) is 30.9. The van der Waals surface area contributed by atoms with Crippen LogP contribution in [0.4, 0.5) is 26.7 Å². The van der Waals surface area contributed by atoms with Crippen LogP contribution in [0.15, 0.2) is 48.8 Å². The number of aryl methyl sites for hydroxylation is 2. The van der Waals surface area contributed by atoms with Gasteiger partial charge in [-0.2, -0.15) is 23.4 Å². The molecular formula is C47H46F5N11O7S2. The number of amides is 2. The first-order valence-corrected chi connectivity index (χ1v) is 24.0. The van der Waals surface area contributed by atoms with Gasteiger partial charge in [-0.25, -0.2) is 52.1 Å². The number of primary amides is 1. The van der Waals surface area contributed by atoms with E-state index in [1.807, 2.05) is 33.8 Å². The van der Waals surface area contributed by atoms with Gasteiger partial charge in [0, 0.05) is 36.1 Å². The second kappa shape index (κ2) is 20.1. The average Bonchev–Trinajstić information content (AvgIpc) is 4.12. The van der Waals surface area contributed by atoms with Crippen molar-refractivity contribution in [3.05, 3.63) is 93.0 Å². The van der Waals surface area contributed by atoms with Gasteiger partial charge in [0.05, 0.1) is 60.1 Å². The van der Waals surface area contributed by atoms with Gasteiger partial charge in [-0.15, -0.1) is 22.7 Å². The smallest absolute Gasteiger partial charge is 0.478 e. The Bertz CT molecular complexity index is 3410. The highest BCUT2D eigenvalue weighted by atomic mass is 32.1. The number of ether oxygens (including phenoxy) is 1. The Morgan fingerprint density at radius 2 is 1.15 bits per heavy atom. The first kappa shape index (κ1) is 51.1. The lowest BCUT2D eigenvalue weighted by Gasteiger charge is -2.32. The second-order valence-electron chi connectivity index (χ2n) is 18.1. The van der Waals surface area contributed by atoms with E-state index in [2.05, 4.69) is 35.5 Å². The minimum absolute atomic E-state index is 0.00431. The number of nitrogens with zero attached hydrogens (tertiary/aromatic N) is 9. The van der Waals surface area contributed by atoms with Crippen molar-refractivity contribution in [2.45, 2.75) is 83.9 Å². The van der Waals surface area contributed by atoms with Crippen molar-refractivity contribution in [1.82, 2.24) is 49.4 Å². The van der Waals surface area contributed by atoms with Gasteiger partial charge < -0.3 is 30.9 Å². The van der Waals surface area contributed by atoms with Crippen LogP contribution in [-0.4, -0.2) is 116 Å². The molecule has 5 N–H and O–H groups in total. The molecule has 2 aliphatic heterocycles. The van der Waals surface area contributed by atoms with E-state index < -0.39 is 41.3 Å². The molecule has 0 saturated carbocycles. The van der Waals surface area contributed by atoms with E-state index in [-0.39, 0.29) is 34.3 Å². The Kier molecular flexibility index (Phi) is 14.3. The van der Waals surface area contributed by atoms with Crippen LogP contribution in [0.2, 0.25) is 0 Å². The maximum atomic E-state index is 15.1. The van der Waals surface area contributed by atoms with Crippen molar-refractivity contribution in [3.8, 4) is 22.5 Å². The number of piperidine rings is 2. The highest BCUT2D eigenvalue weighted by Crippen LogP contribution is 2.38. The van der Waals surface area contributed by atoms with Gasteiger partial charge in [0.25, 0.3) is 5.91 Å². The number of aromatic nitrogens is 8. The van der Waals surface area contributed by atoms with Crippen molar-refractivity contribution in [2.24, 2.45) is 5.73 Å². The summed E-state index contributed by atoms with van der Waals surface area (Å²) < 4.78 is 71.6. The fourth-order valence-electron chi connectivity index (χ4n) is 8.16. The van der Waals surface area contributed by atoms with Gasteiger partial charge in [0.15, 0.2) is 22.9 Å². The molecule has 8 heterocycles. The lowest BCUT2D eigenvalue weighted by molar-refractivity contribution is -0.192. The van der Waals surface area contributed by atoms with Gasteiger partial charge in [-0.3, -0.25) is 4.79 Å². The van der Waals surface area contributed by atoms with E-state index in [1.54, 1.807) is 36.4 Å². The summed E-state index contributed by atoms with van der Waals surface area (Å²) in [6, 6.07) is 9.40. The quantitative estimate of drug-likeness (QED) is 0.114. The number of carbonyl (C=O) groups excluding carboxylic acids is 2. The van der Waals surface area contributed by atoms with Gasteiger partial charge in [-0.1, -0.05) is 0 Å². The number of benzene rings is 2. The lowest BCUT2D eigenvalue weighted by atomic mass is 9.98. The number of alkyl halides is 3. The zero-order valence-electron chi connectivity index (χ0n) is 39.2. The molecule has 0 bridgehead atoms. The van der Waals surface area contributed by atoms with Crippen molar-refractivity contribution < 1.29 is 56.1 Å². The van der Waals surface area contributed by atoms with Crippen LogP contribution in [-0.2, 0) is 9.53 Å². The number of fused-ring (bicyclic) bond motifs is 4. The maximum Gasteiger partial charge on any atom is 0.490 e. The van der Waals surface area contributed by atoms with Crippen LogP contribution in [0.3, 0.4) is 0 Å². The summed E-state index contributed by atoms with van der Waals surface area (Å²) in [5.41, 5.74) is 9.73. The molecule has 2 amide bonds. The first-order valence-electron chi connectivity index (χ1n) is 22.4. The number of imidazole rings is 2. The van der Waals surface area contributed by atoms with Crippen LogP contribution < -0.4 is 11.1 Å².